The minimum absolute atomic E-state index is 0.0259. The van der Waals surface area contributed by atoms with Crippen LogP contribution in [0.25, 0.3) is 0 Å². The van der Waals surface area contributed by atoms with Gasteiger partial charge in [0.2, 0.25) is 0 Å². The van der Waals surface area contributed by atoms with Crippen LogP contribution in [0.4, 0.5) is 10.5 Å². The van der Waals surface area contributed by atoms with Crippen LogP contribution in [0, 0.1) is 20.8 Å². The average molecular weight is 340 g/mol. The van der Waals surface area contributed by atoms with Gasteiger partial charge in [0.05, 0.1) is 0 Å². The van der Waals surface area contributed by atoms with E-state index in [1.54, 1.807) is 0 Å². The van der Waals surface area contributed by atoms with Crippen LogP contribution >= 0.6 is 0 Å². The number of para-hydroxylation sites is 1. The number of hydrogen-bond acceptors (Lipinski definition) is 2. The lowest BCUT2D eigenvalue weighted by Gasteiger charge is -2.23. The molecule has 0 radical (unpaired) electrons. The number of anilines is 1. The second kappa shape index (κ2) is 7.60. The molecule has 2 aromatic rings. The molecule has 2 amide bonds. The average Bonchev–Trinajstić information content (AvgIpc) is 2.51. The fourth-order valence-electron chi connectivity index (χ4n) is 2.70. The van der Waals surface area contributed by atoms with Gasteiger partial charge in [0.25, 0.3) is 0 Å². The van der Waals surface area contributed by atoms with Crippen LogP contribution in [0.3, 0.4) is 0 Å². The Morgan fingerprint density at radius 3 is 2.28 bits per heavy atom. The highest BCUT2D eigenvalue weighted by Crippen LogP contribution is 2.32. The maximum absolute atomic E-state index is 12.1. The Morgan fingerprint density at radius 1 is 1.04 bits per heavy atom. The van der Waals surface area contributed by atoms with Crippen LogP contribution < -0.4 is 15.4 Å². The van der Waals surface area contributed by atoms with Crippen molar-refractivity contribution >= 4 is 11.7 Å². The van der Waals surface area contributed by atoms with E-state index in [4.69, 9.17) is 4.74 Å². The summed E-state index contributed by atoms with van der Waals surface area (Å²) in [6, 6.07) is 11.8. The number of carbonyl (C=O) groups is 1. The van der Waals surface area contributed by atoms with E-state index in [9.17, 15) is 4.79 Å². The van der Waals surface area contributed by atoms with E-state index < -0.39 is 0 Å². The van der Waals surface area contributed by atoms with Gasteiger partial charge >= 0.3 is 6.03 Å². The molecular formula is C21H28N2O2. The Labute approximate surface area is 150 Å². The van der Waals surface area contributed by atoms with Gasteiger partial charge in [0.1, 0.15) is 5.75 Å². The lowest BCUT2D eigenvalue weighted by atomic mass is 9.85. The van der Waals surface area contributed by atoms with Crippen molar-refractivity contribution in [3.63, 3.8) is 0 Å². The number of urea groups is 1. The molecule has 0 aliphatic rings. The fraction of sp³-hybridized carbons (Fsp3) is 0.381. The summed E-state index contributed by atoms with van der Waals surface area (Å²) >= 11 is 0. The van der Waals surface area contributed by atoms with Crippen molar-refractivity contribution in [3.05, 3.63) is 58.7 Å². The fourth-order valence-corrected chi connectivity index (χ4v) is 2.70. The number of carbonyl (C=O) groups excluding carboxylic acids is 1. The van der Waals surface area contributed by atoms with E-state index >= 15 is 0 Å². The van der Waals surface area contributed by atoms with E-state index in [-0.39, 0.29) is 18.2 Å². The minimum Gasteiger partial charge on any atom is -0.473 e. The molecule has 0 atom stereocenters. The summed E-state index contributed by atoms with van der Waals surface area (Å²) in [5.41, 5.74) is 5.20. The molecule has 2 aromatic carbocycles. The highest BCUT2D eigenvalue weighted by Gasteiger charge is 2.19. The molecule has 0 saturated heterocycles. The second-order valence-electron chi connectivity index (χ2n) is 7.44. The Morgan fingerprint density at radius 2 is 1.68 bits per heavy atom. The number of aryl methyl sites for hydroxylation is 3. The number of benzene rings is 2. The lowest BCUT2D eigenvalue weighted by molar-refractivity contribution is 0.233. The third-order valence-corrected chi connectivity index (χ3v) is 4.12. The first-order valence-corrected chi connectivity index (χ1v) is 8.53. The first-order chi connectivity index (χ1) is 11.7. The van der Waals surface area contributed by atoms with Crippen LogP contribution in [0.15, 0.2) is 36.4 Å². The van der Waals surface area contributed by atoms with Gasteiger partial charge in [-0.05, 0) is 48.9 Å². The molecule has 25 heavy (non-hydrogen) atoms. The summed E-state index contributed by atoms with van der Waals surface area (Å²) in [7, 11) is 0. The lowest BCUT2D eigenvalue weighted by Crippen LogP contribution is -2.32. The van der Waals surface area contributed by atoms with Crippen molar-refractivity contribution in [1.29, 1.82) is 0 Å². The maximum Gasteiger partial charge on any atom is 0.321 e. The molecule has 0 aliphatic carbocycles. The van der Waals surface area contributed by atoms with Gasteiger partial charge in [-0.2, -0.15) is 0 Å². The Kier molecular flexibility index (Phi) is 5.73. The Balaban J connectivity index is 1.98. The predicted molar refractivity (Wildman–Crippen MR) is 103 cm³/mol. The molecule has 0 saturated carbocycles. The number of hydrogen-bond donors (Lipinski definition) is 2. The SMILES string of the molecule is Cc1ccc(OCNC(=O)Nc2c(C)cccc2C)c(C(C)(C)C)c1. The van der Waals surface area contributed by atoms with Gasteiger partial charge in [-0.1, -0.05) is 56.7 Å². The number of nitrogens with one attached hydrogen (secondary N) is 2. The van der Waals surface area contributed by atoms with Gasteiger partial charge in [-0.3, -0.25) is 0 Å². The molecular weight excluding hydrogens is 312 g/mol. The summed E-state index contributed by atoms with van der Waals surface area (Å²) in [4.78, 5) is 12.1. The molecule has 2 rings (SSSR count). The first-order valence-electron chi connectivity index (χ1n) is 8.53. The van der Waals surface area contributed by atoms with Crippen LogP contribution in [0.5, 0.6) is 5.75 Å². The second-order valence-corrected chi connectivity index (χ2v) is 7.44. The summed E-state index contributed by atoms with van der Waals surface area (Å²) in [5, 5.41) is 5.64. The van der Waals surface area contributed by atoms with Gasteiger partial charge in [0.15, 0.2) is 6.73 Å². The van der Waals surface area contributed by atoms with Crippen molar-refractivity contribution in [2.24, 2.45) is 0 Å². The van der Waals surface area contributed by atoms with Crippen LogP contribution in [0.2, 0.25) is 0 Å². The molecule has 0 spiro atoms. The molecule has 4 heteroatoms. The van der Waals surface area contributed by atoms with Crippen molar-refractivity contribution in [2.45, 2.75) is 47.0 Å². The molecule has 0 aliphatic heterocycles. The quantitative estimate of drug-likeness (QED) is 0.764. The monoisotopic (exact) mass is 340 g/mol. The standard InChI is InChI=1S/C21H28N2O2/c1-14-10-11-18(17(12-14)21(4,5)6)25-13-22-20(24)23-19-15(2)8-7-9-16(19)3/h7-12H,13H2,1-6H3,(H2,22,23,24). The Bertz CT molecular complexity index is 741. The highest BCUT2D eigenvalue weighted by molar-refractivity contribution is 5.90. The van der Waals surface area contributed by atoms with Gasteiger partial charge < -0.3 is 15.4 Å². The zero-order valence-corrected chi connectivity index (χ0v) is 16.0. The molecule has 0 fully saturated rings. The van der Waals surface area contributed by atoms with Crippen molar-refractivity contribution in [3.8, 4) is 5.75 Å². The van der Waals surface area contributed by atoms with E-state index in [1.807, 2.05) is 44.2 Å². The van der Waals surface area contributed by atoms with E-state index in [0.717, 1.165) is 28.1 Å². The van der Waals surface area contributed by atoms with E-state index in [2.05, 4.69) is 44.4 Å². The third kappa shape index (κ3) is 4.99. The topological polar surface area (TPSA) is 50.4 Å². The molecule has 0 bridgehead atoms. The van der Waals surface area contributed by atoms with Gasteiger partial charge in [0, 0.05) is 5.69 Å². The maximum atomic E-state index is 12.1. The summed E-state index contributed by atoms with van der Waals surface area (Å²) in [6.45, 7) is 12.6. The minimum atomic E-state index is -0.276. The third-order valence-electron chi connectivity index (χ3n) is 4.12. The molecule has 0 aromatic heterocycles. The van der Waals surface area contributed by atoms with Gasteiger partial charge in [-0.15, -0.1) is 0 Å². The largest absolute Gasteiger partial charge is 0.473 e. The summed E-state index contributed by atoms with van der Waals surface area (Å²) in [6.07, 6.45) is 0. The normalized spacial score (nSPS) is 11.1. The molecule has 134 valence electrons. The highest BCUT2D eigenvalue weighted by atomic mass is 16.5. The van der Waals surface area contributed by atoms with E-state index in [1.165, 1.54) is 5.56 Å². The van der Waals surface area contributed by atoms with Crippen LogP contribution in [0.1, 0.15) is 43.0 Å². The predicted octanol–water partition coefficient (Wildman–Crippen LogP) is 5.07. The van der Waals surface area contributed by atoms with Crippen LogP contribution in [-0.2, 0) is 5.41 Å². The number of ether oxygens (including phenoxy) is 1. The van der Waals surface area contributed by atoms with Crippen molar-refractivity contribution < 1.29 is 9.53 Å². The molecule has 2 N–H and O–H groups in total. The van der Waals surface area contributed by atoms with Crippen molar-refractivity contribution in [2.75, 3.05) is 12.0 Å². The molecule has 4 nitrogen and oxygen atoms in total. The molecule has 0 heterocycles. The van der Waals surface area contributed by atoms with E-state index in [0.29, 0.717) is 0 Å². The van der Waals surface area contributed by atoms with Gasteiger partial charge in [-0.25, -0.2) is 4.79 Å². The number of rotatable bonds is 4. The molecule has 0 unspecified atom stereocenters. The Hall–Kier alpha value is -2.49. The summed E-state index contributed by atoms with van der Waals surface area (Å²) in [5.74, 6) is 0.797. The summed E-state index contributed by atoms with van der Waals surface area (Å²) < 4.78 is 5.82. The first kappa shape index (κ1) is 18.8. The smallest absolute Gasteiger partial charge is 0.321 e. The van der Waals surface area contributed by atoms with Crippen LogP contribution in [-0.4, -0.2) is 12.8 Å². The number of amides is 2. The zero-order valence-electron chi connectivity index (χ0n) is 16.0. The zero-order chi connectivity index (χ0) is 18.6. The van der Waals surface area contributed by atoms with Crippen molar-refractivity contribution in [1.82, 2.24) is 5.32 Å².